The first-order chi connectivity index (χ1) is 11.2. The minimum atomic E-state index is -0.390. The van der Waals surface area contributed by atoms with Gasteiger partial charge in [0.05, 0.1) is 19.8 Å². The van der Waals surface area contributed by atoms with Gasteiger partial charge in [-0.1, -0.05) is 6.07 Å². The van der Waals surface area contributed by atoms with Crippen LogP contribution in [-0.2, 0) is 9.53 Å². The second kappa shape index (κ2) is 6.36. The molecule has 0 unspecified atom stereocenters. The van der Waals surface area contributed by atoms with E-state index >= 15 is 0 Å². The molecule has 5 nitrogen and oxygen atoms in total. The van der Waals surface area contributed by atoms with E-state index in [1.165, 1.54) is 0 Å². The van der Waals surface area contributed by atoms with Gasteiger partial charge in [-0.15, -0.1) is 0 Å². The molecule has 0 saturated heterocycles. The Bertz CT molecular complexity index is 794. The lowest BCUT2D eigenvalue weighted by Gasteiger charge is -2.09. The topological polar surface area (TPSA) is 57.7 Å². The van der Waals surface area contributed by atoms with Gasteiger partial charge in [0, 0.05) is 18.0 Å². The van der Waals surface area contributed by atoms with Crippen LogP contribution in [0.2, 0.25) is 0 Å². The number of aromatic nitrogens is 1. The van der Waals surface area contributed by atoms with E-state index in [4.69, 9.17) is 14.2 Å². The summed E-state index contributed by atoms with van der Waals surface area (Å²) in [4.78, 5) is 16.0. The third kappa shape index (κ3) is 3.08. The van der Waals surface area contributed by atoms with Crippen LogP contribution in [0.5, 0.6) is 11.5 Å². The maximum Gasteiger partial charge on any atom is 0.343 e. The van der Waals surface area contributed by atoms with E-state index in [9.17, 15) is 4.79 Å². The van der Waals surface area contributed by atoms with E-state index in [1.807, 2.05) is 18.2 Å². The van der Waals surface area contributed by atoms with E-state index in [0.717, 1.165) is 11.1 Å². The monoisotopic (exact) mass is 309 g/mol. The van der Waals surface area contributed by atoms with Crippen LogP contribution in [0.1, 0.15) is 11.1 Å². The highest BCUT2D eigenvalue weighted by atomic mass is 16.5. The number of methoxy groups -OCH3 is 2. The zero-order chi connectivity index (χ0) is 16.2. The van der Waals surface area contributed by atoms with Crippen LogP contribution in [0.25, 0.3) is 11.8 Å². The molecule has 1 aliphatic heterocycles. The molecule has 3 rings (SSSR count). The predicted octanol–water partition coefficient (Wildman–Crippen LogP) is 3.08. The molecule has 0 spiro atoms. The van der Waals surface area contributed by atoms with Crippen LogP contribution in [0.3, 0.4) is 0 Å². The van der Waals surface area contributed by atoms with Gasteiger partial charge in [-0.25, -0.2) is 4.79 Å². The maximum absolute atomic E-state index is 12.0. The van der Waals surface area contributed by atoms with Crippen molar-refractivity contribution in [3.8, 4) is 11.5 Å². The van der Waals surface area contributed by atoms with Crippen molar-refractivity contribution in [2.24, 2.45) is 0 Å². The van der Waals surface area contributed by atoms with E-state index in [2.05, 4.69) is 4.98 Å². The van der Waals surface area contributed by atoms with Crippen LogP contribution in [0.4, 0.5) is 0 Å². The lowest BCUT2D eigenvalue weighted by Crippen LogP contribution is -1.98. The van der Waals surface area contributed by atoms with Gasteiger partial charge in [-0.3, -0.25) is 4.98 Å². The lowest BCUT2D eigenvalue weighted by molar-refractivity contribution is -0.130. The third-order valence-electron chi connectivity index (χ3n) is 3.40. The molecule has 0 radical (unpaired) electrons. The molecule has 1 aromatic carbocycles. The average molecular weight is 309 g/mol. The highest BCUT2D eigenvalue weighted by Crippen LogP contribution is 2.33. The molecule has 116 valence electrons. The molecule has 0 atom stereocenters. The fourth-order valence-corrected chi connectivity index (χ4v) is 2.26. The number of esters is 1. The second-order valence-electron chi connectivity index (χ2n) is 4.85. The summed E-state index contributed by atoms with van der Waals surface area (Å²) < 4.78 is 15.8. The normalized spacial score (nSPS) is 15.3. The number of hydrogen-bond donors (Lipinski definition) is 0. The minimum Gasteiger partial charge on any atom is -0.493 e. The second-order valence-corrected chi connectivity index (χ2v) is 4.85. The Balaban J connectivity index is 1.94. The molecule has 0 saturated carbocycles. The smallest absolute Gasteiger partial charge is 0.343 e. The number of benzene rings is 1. The number of pyridine rings is 1. The Labute approximate surface area is 133 Å². The number of cyclic esters (lactones) is 1. The van der Waals surface area contributed by atoms with Crippen molar-refractivity contribution in [3.63, 3.8) is 0 Å². The molecule has 0 amide bonds. The van der Waals surface area contributed by atoms with Gasteiger partial charge in [0.15, 0.2) is 11.5 Å². The molecule has 2 heterocycles. The van der Waals surface area contributed by atoms with Crippen LogP contribution >= 0.6 is 0 Å². The molecule has 0 bridgehead atoms. The first-order valence-electron chi connectivity index (χ1n) is 6.99. The molecule has 0 fully saturated rings. The Hall–Kier alpha value is -3.08. The summed E-state index contributed by atoms with van der Waals surface area (Å²) in [6, 6.07) is 9.03. The largest absolute Gasteiger partial charge is 0.493 e. The molecule has 0 N–H and O–H groups in total. The number of nitrogens with zero attached hydrogens (tertiary/aromatic N) is 1. The Morgan fingerprint density at radius 1 is 1.13 bits per heavy atom. The van der Waals surface area contributed by atoms with Crippen molar-refractivity contribution >= 4 is 17.8 Å². The first-order valence-corrected chi connectivity index (χ1v) is 6.99. The molecule has 0 aliphatic carbocycles. The van der Waals surface area contributed by atoms with E-state index < -0.39 is 5.97 Å². The van der Waals surface area contributed by atoms with Crippen LogP contribution in [0, 0.1) is 0 Å². The van der Waals surface area contributed by atoms with Crippen LogP contribution < -0.4 is 9.47 Å². The number of hydrogen-bond acceptors (Lipinski definition) is 5. The quantitative estimate of drug-likeness (QED) is 0.641. The summed E-state index contributed by atoms with van der Waals surface area (Å²) in [5, 5.41) is 0. The zero-order valence-corrected chi connectivity index (χ0v) is 12.8. The SMILES string of the molecule is COc1ccc(C2=CC(=Cc3cccnc3)C(=O)O2)cc1OC. The van der Waals surface area contributed by atoms with Crippen molar-refractivity contribution in [3.05, 3.63) is 65.5 Å². The number of rotatable bonds is 4. The fourth-order valence-electron chi connectivity index (χ4n) is 2.26. The molecule has 5 heteroatoms. The third-order valence-corrected chi connectivity index (χ3v) is 3.40. The van der Waals surface area contributed by atoms with Crippen molar-refractivity contribution in [1.82, 2.24) is 4.98 Å². The first kappa shape index (κ1) is 14.8. The van der Waals surface area contributed by atoms with Gasteiger partial charge in [0.2, 0.25) is 0 Å². The Morgan fingerprint density at radius 2 is 1.96 bits per heavy atom. The standard InChI is InChI=1S/C18H15NO4/c1-21-15-6-5-13(9-17(15)22-2)16-10-14(18(20)23-16)8-12-4-3-7-19-11-12/h3-11H,1-2H3. The predicted molar refractivity (Wildman–Crippen MR) is 85.8 cm³/mol. The molecule has 1 aromatic heterocycles. The van der Waals surface area contributed by atoms with Crippen molar-refractivity contribution < 1.29 is 19.0 Å². The van der Waals surface area contributed by atoms with Crippen molar-refractivity contribution in [2.45, 2.75) is 0 Å². The molecule has 23 heavy (non-hydrogen) atoms. The fraction of sp³-hybridized carbons (Fsp3) is 0.111. The van der Waals surface area contributed by atoms with E-state index in [0.29, 0.717) is 22.8 Å². The van der Waals surface area contributed by atoms with Gasteiger partial charge < -0.3 is 14.2 Å². The Morgan fingerprint density at radius 3 is 2.65 bits per heavy atom. The molecule has 2 aromatic rings. The van der Waals surface area contributed by atoms with E-state index in [-0.39, 0.29) is 0 Å². The molecule has 1 aliphatic rings. The Kier molecular flexibility index (Phi) is 4.10. The van der Waals surface area contributed by atoms with Gasteiger partial charge >= 0.3 is 5.97 Å². The van der Waals surface area contributed by atoms with E-state index in [1.54, 1.807) is 50.9 Å². The van der Waals surface area contributed by atoms with Gasteiger partial charge in [0.1, 0.15) is 5.76 Å². The molecular weight excluding hydrogens is 294 g/mol. The van der Waals surface area contributed by atoms with Gasteiger partial charge in [0.25, 0.3) is 0 Å². The minimum absolute atomic E-state index is 0.390. The summed E-state index contributed by atoms with van der Waals surface area (Å²) in [5.41, 5.74) is 2.05. The van der Waals surface area contributed by atoms with Crippen molar-refractivity contribution in [1.29, 1.82) is 0 Å². The van der Waals surface area contributed by atoms with Crippen LogP contribution in [0.15, 0.2) is 54.4 Å². The average Bonchev–Trinajstić information content (AvgIpc) is 2.96. The summed E-state index contributed by atoms with van der Waals surface area (Å²) >= 11 is 0. The number of carbonyl (C=O) groups is 1. The summed E-state index contributed by atoms with van der Waals surface area (Å²) in [6.45, 7) is 0. The molecular formula is C18H15NO4. The van der Waals surface area contributed by atoms with Crippen molar-refractivity contribution in [2.75, 3.05) is 14.2 Å². The highest BCUT2D eigenvalue weighted by Gasteiger charge is 2.22. The summed E-state index contributed by atoms with van der Waals surface area (Å²) in [7, 11) is 3.13. The van der Waals surface area contributed by atoms with Crippen LogP contribution in [-0.4, -0.2) is 25.2 Å². The number of carbonyl (C=O) groups excluding carboxylic acids is 1. The zero-order valence-electron chi connectivity index (χ0n) is 12.8. The highest BCUT2D eigenvalue weighted by molar-refractivity contribution is 6.05. The van der Waals surface area contributed by atoms with Gasteiger partial charge in [-0.2, -0.15) is 0 Å². The lowest BCUT2D eigenvalue weighted by atomic mass is 10.1. The van der Waals surface area contributed by atoms with Gasteiger partial charge in [-0.05, 0) is 42.0 Å². The summed E-state index contributed by atoms with van der Waals surface area (Å²) in [6.07, 6.45) is 6.81. The number of ether oxygens (including phenoxy) is 3. The maximum atomic E-state index is 12.0. The summed E-state index contributed by atoms with van der Waals surface area (Å²) in [5.74, 6) is 1.28.